The molecule has 1 saturated heterocycles. The minimum absolute atomic E-state index is 0.0439. The molecule has 2 heterocycles. The Hall–Kier alpha value is -1.97. The number of pyridine rings is 1. The molecule has 1 aromatic heterocycles. The summed E-state index contributed by atoms with van der Waals surface area (Å²) in [5, 5.41) is 2.63. The van der Waals surface area contributed by atoms with E-state index in [1.54, 1.807) is 13.8 Å². The average molecular weight is 377 g/mol. The van der Waals surface area contributed by atoms with Gasteiger partial charge in [0.25, 0.3) is 5.91 Å². The Kier molecular flexibility index (Phi) is 5.50. The van der Waals surface area contributed by atoms with Gasteiger partial charge >= 0.3 is 12.3 Å². The maximum Gasteiger partial charge on any atom is 0.416 e. The lowest BCUT2D eigenvalue weighted by Crippen LogP contribution is -2.45. The van der Waals surface area contributed by atoms with Gasteiger partial charge < -0.3 is 10.1 Å². The average Bonchev–Trinajstić information content (AvgIpc) is 2.87. The van der Waals surface area contributed by atoms with Gasteiger partial charge in [-0.25, -0.2) is 9.78 Å². The molecule has 0 radical (unpaired) electrons. The zero-order valence-electron chi connectivity index (χ0n) is 13.9. The summed E-state index contributed by atoms with van der Waals surface area (Å²) in [6.45, 7) is 5.49. The molecule has 1 unspecified atom stereocenters. The SMILES string of the molecule is CCC(C)(C)NC(=O)OC1SCN(c2cc(C(F)(F)F)ccn2)C1=O. The van der Waals surface area contributed by atoms with Gasteiger partial charge in [-0.3, -0.25) is 9.69 Å². The summed E-state index contributed by atoms with van der Waals surface area (Å²) < 4.78 is 43.4. The van der Waals surface area contributed by atoms with Crippen LogP contribution in [0.5, 0.6) is 0 Å². The third kappa shape index (κ3) is 4.77. The topological polar surface area (TPSA) is 71.5 Å². The second-order valence-corrected chi connectivity index (χ2v) is 7.08. The van der Waals surface area contributed by atoms with E-state index in [4.69, 9.17) is 4.74 Å². The highest BCUT2D eigenvalue weighted by Crippen LogP contribution is 2.34. The molecule has 6 nitrogen and oxygen atoms in total. The summed E-state index contributed by atoms with van der Waals surface area (Å²) in [4.78, 5) is 29.0. The zero-order chi connectivity index (χ0) is 18.8. The first-order valence-corrected chi connectivity index (χ1v) is 8.53. The molecule has 0 saturated carbocycles. The number of nitrogens with one attached hydrogen (secondary N) is 1. The number of carbonyl (C=O) groups excluding carboxylic acids is 2. The number of halogens is 3. The van der Waals surface area contributed by atoms with Crippen LogP contribution in [-0.2, 0) is 15.7 Å². The van der Waals surface area contributed by atoms with Crippen molar-refractivity contribution in [1.29, 1.82) is 0 Å². The number of nitrogens with zero attached hydrogens (tertiary/aromatic N) is 2. The summed E-state index contributed by atoms with van der Waals surface area (Å²) in [7, 11) is 0. The monoisotopic (exact) mass is 377 g/mol. The van der Waals surface area contributed by atoms with Crippen LogP contribution in [0.25, 0.3) is 0 Å². The fourth-order valence-electron chi connectivity index (χ4n) is 1.90. The van der Waals surface area contributed by atoms with E-state index < -0.39 is 34.7 Å². The zero-order valence-corrected chi connectivity index (χ0v) is 14.7. The number of rotatable bonds is 4. The van der Waals surface area contributed by atoms with Crippen LogP contribution in [0.1, 0.15) is 32.8 Å². The molecular weight excluding hydrogens is 359 g/mol. The Labute approximate surface area is 147 Å². The van der Waals surface area contributed by atoms with Gasteiger partial charge in [0, 0.05) is 11.7 Å². The summed E-state index contributed by atoms with van der Waals surface area (Å²) in [5.74, 6) is -0.712. The molecule has 2 amide bonds. The van der Waals surface area contributed by atoms with E-state index in [1.165, 1.54) is 0 Å². The van der Waals surface area contributed by atoms with Gasteiger partial charge in [0.05, 0.1) is 11.4 Å². The minimum atomic E-state index is -4.53. The van der Waals surface area contributed by atoms with Crippen molar-refractivity contribution in [3.05, 3.63) is 23.9 Å². The number of ether oxygens (including phenoxy) is 1. The molecule has 10 heteroatoms. The maximum absolute atomic E-state index is 12.8. The van der Waals surface area contributed by atoms with Crippen LogP contribution in [-0.4, -0.2) is 33.8 Å². The number of alkyl halides is 3. The van der Waals surface area contributed by atoms with Crippen LogP contribution in [0, 0.1) is 0 Å². The third-order valence-electron chi connectivity index (χ3n) is 3.71. The van der Waals surface area contributed by atoms with Crippen molar-refractivity contribution in [2.75, 3.05) is 10.8 Å². The Bertz CT molecular complexity index is 667. The van der Waals surface area contributed by atoms with Gasteiger partial charge in [-0.15, -0.1) is 0 Å². The number of carbonyl (C=O) groups is 2. The molecule has 1 aliphatic rings. The van der Waals surface area contributed by atoms with E-state index in [1.807, 2.05) is 6.92 Å². The van der Waals surface area contributed by atoms with Gasteiger partial charge in [0.15, 0.2) is 0 Å². The van der Waals surface area contributed by atoms with Gasteiger partial charge in [-0.05, 0) is 32.4 Å². The Morgan fingerprint density at radius 3 is 2.76 bits per heavy atom. The number of hydrogen-bond acceptors (Lipinski definition) is 5. The molecular formula is C15H18F3N3O3S. The molecule has 1 N–H and O–H groups in total. The Morgan fingerprint density at radius 2 is 2.16 bits per heavy atom. The van der Waals surface area contributed by atoms with Crippen molar-refractivity contribution in [3.8, 4) is 0 Å². The van der Waals surface area contributed by atoms with Crippen LogP contribution >= 0.6 is 11.8 Å². The predicted molar refractivity (Wildman–Crippen MR) is 87.0 cm³/mol. The quantitative estimate of drug-likeness (QED) is 0.871. The van der Waals surface area contributed by atoms with Gasteiger partial charge in [0.1, 0.15) is 5.82 Å². The van der Waals surface area contributed by atoms with E-state index in [0.29, 0.717) is 6.42 Å². The van der Waals surface area contributed by atoms with E-state index >= 15 is 0 Å². The van der Waals surface area contributed by atoms with Crippen LogP contribution in [0.15, 0.2) is 18.3 Å². The summed E-state index contributed by atoms with van der Waals surface area (Å²) in [6.07, 6.45) is -3.64. The molecule has 25 heavy (non-hydrogen) atoms. The molecule has 0 bridgehead atoms. The van der Waals surface area contributed by atoms with Crippen molar-refractivity contribution in [2.24, 2.45) is 0 Å². The van der Waals surface area contributed by atoms with Gasteiger partial charge in [-0.2, -0.15) is 13.2 Å². The minimum Gasteiger partial charge on any atom is -0.425 e. The van der Waals surface area contributed by atoms with E-state index in [9.17, 15) is 22.8 Å². The lowest BCUT2D eigenvalue weighted by atomic mass is 10.0. The van der Waals surface area contributed by atoms with E-state index in [2.05, 4.69) is 10.3 Å². The van der Waals surface area contributed by atoms with Crippen LogP contribution < -0.4 is 10.2 Å². The first-order valence-electron chi connectivity index (χ1n) is 7.48. The van der Waals surface area contributed by atoms with Gasteiger partial charge in [0.2, 0.25) is 5.44 Å². The first-order chi connectivity index (χ1) is 11.5. The van der Waals surface area contributed by atoms with Crippen molar-refractivity contribution < 1.29 is 27.5 Å². The molecule has 1 atom stereocenters. The molecule has 1 aromatic rings. The van der Waals surface area contributed by atoms with Gasteiger partial charge in [-0.1, -0.05) is 18.7 Å². The molecule has 138 valence electrons. The highest BCUT2D eigenvalue weighted by atomic mass is 32.2. The highest BCUT2D eigenvalue weighted by Gasteiger charge is 2.39. The summed E-state index contributed by atoms with van der Waals surface area (Å²) in [6, 6.07) is 1.62. The summed E-state index contributed by atoms with van der Waals surface area (Å²) >= 11 is 1.00. The highest BCUT2D eigenvalue weighted by molar-refractivity contribution is 8.01. The number of amides is 2. The molecule has 0 aliphatic carbocycles. The number of thioether (sulfide) groups is 1. The molecule has 1 aliphatic heterocycles. The summed E-state index contributed by atoms with van der Waals surface area (Å²) in [5.41, 5.74) is -2.52. The fraction of sp³-hybridized carbons (Fsp3) is 0.533. The van der Waals surface area contributed by atoms with Crippen LogP contribution in [0.3, 0.4) is 0 Å². The Balaban J connectivity index is 2.06. The standard InChI is InChI=1S/C15H18F3N3O3S/c1-4-14(2,3)20-13(23)24-12-11(22)21(8-25-12)10-7-9(5-6-19-10)15(16,17)18/h5-7,12H,4,8H2,1-3H3,(H,20,23). The van der Waals surface area contributed by atoms with E-state index in [0.717, 1.165) is 35.0 Å². The van der Waals surface area contributed by atoms with Crippen molar-refractivity contribution in [2.45, 2.75) is 44.3 Å². The fourth-order valence-corrected chi connectivity index (χ4v) is 2.87. The normalized spacial score (nSPS) is 18.4. The molecule has 1 fully saturated rings. The van der Waals surface area contributed by atoms with Crippen molar-refractivity contribution >= 4 is 29.6 Å². The molecule has 0 aromatic carbocycles. The lowest BCUT2D eigenvalue weighted by molar-refractivity contribution is -0.137. The molecule has 0 spiro atoms. The second-order valence-electron chi connectivity index (χ2n) is 6.06. The number of aromatic nitrogens is 1. The number of hydrogen-bond donors (Lipinski definition) is 1. The molecule has 2 rings (SSSR count). The smallest absolute Gasteiger partial charge is 0.416 e. The maximum atomic E-state index is 12.8. The van der Waals surface area contributed by atoms with Crippen molar-refractivity contribution in [1.82, 2.24) is 10.3 Å². The van der Waals surface area contributed by atoms with Crippen LogP contribution in [0.2, 0.25) is 0 Å². The van der Waals surface area contributed by atoms with E-state index in [-0.39, 0.29) is 11.7 Å². The number of anilines is 1. The lowest BCUT2D eigenvalue weighted by Gasteiger charge is -2.24. The van der Waals surface area contributed by atoms with Crippen molar-refractivity contribution in [3.63, 3.8) is 0 Å². The predicted octanol–water partition coefficient (Wildman–Crippen LogP) is 3.38. The van der Waals surface area contributed by atoms with Crippen LogP contribution in [0.4, 0.5) is 23.8 Å². The first kappa shape index (κ1) is 19.4. The largest absolute Gasteiger partial charge is 0.425 e. The Morgan fingerprint density at radius 1 is 1.48 bits per heavy atom. The number of alkyl carbamates (subject to hydrolysis) is 1. The second kappa shape index (κ2) is 7.11. The third-order valence-corrected chi connectivity index (χ3v) is 4.72.